The van der Waals surface area contributed by atoms with Crippen molar-refractivity contribution in [1.82, 2.24) is 15.3 Å². The highest BCUT2D eigenvalue weighted by Crippen LogP contribution is 2.27. The van der Waals surface area contributed by atoms with Gasteiger partial charge in [-0.3, -0.25) is 14.8 Å². The van der Waals surface area contributed by atoms with Crippen LogP contribution >= 0.6 is 0 Å². The van der Waals surface area contributed by atoms with E-state index in [9.17, 15) is 4.79 Å². The number of hydrogen-bond donors (Lipinski definition) is 1. The van der Waals surface area contributed by atoms with Crippen LogP contribution in [0.2, 0.25) is 0 Å². The number of aromatic nitrogens is 2. The molecule has 148 valence electrons. The number of hydrogen-bond acceptors (Lipinski definition) is 4. The van der Waals surface area contributed by atoms with Gasteiger partial charge in [-0.25, -0.2) is 0 Å². The Morgan fingerprint density at radius 2 is 1.47 bits per heavy atom. The molecular weight excluding hydrogens is 372 g/mol. The van der Waals surface area contributed by atoms with Crippen molar-refractivity contribution >= 4 is 17.3 Å². The van der Waals surface area contributed by atoms with Crippen LogP contribution in [0.25, 0.3) is 0 Å². The van der Waals surface area contributed by atoms with Gasteiger partial charge in [-0.05, 0) is 41.5 Å². The number of nitrogens with zero attached hydrogens (tertiary/aromatic N) is 3. The SMILES string of the molecule is O=C(NCc1ccncc1)c1cncc(N(Cc2ccccc2)c2ccccc2)c1. The molecule has 0 unspecified atom stereocenters. The van der Waals surface area contributed by atoms with Gasteiger partial charge in [0.15, 0.2) is 0 Å². The molecule has 0 saturated carbocycles. The van der Waals surface area contributed by atoms with Crippen LogP contribution < -0.4 is 10.2 Å². The minimum Gasteiger partial charge on any atom is -0.348 e. The van der Waals surface area contributed by atoms with Gasteiger partial charge in [-0.1, -0.05) is 48.5 Å². The predicted molar refractivity (Wildman–Crippen MR) is 118 cm³/mol. The van der Waals surface area contributed by atoms with Gasteiger partial charge < -0.3 is 10.2 Å². The first kappa shape index (κ1) is 19.3. The Hall–Kier alpha value is -3.99. The maximum Gasteiger partial charge on any atom is 0.253 e. The van der Waals surface area contributed by atoms with Gasteiger partial charge in [-0.2, -0.15) is 0 Å². The zero-order chi connectivity index (χ0) is 20.6. The van der Waals surface area contributed by atoms with E-state index in [1.807, 2.05) is 54.6 Å². The van der Waals surface area contributed by atoms with E-state index in [1.165, 1.54) is 5.56 Å². The Kier molecular flexibility index (Phi) is 6.11. The van der Waals surface area contributed by atoms with E-state index in [-0.39, 0.29) is 5.91 Å². The first-order valence-electron chi connectivity index (χ1n) is 9.78. The van der Waals surface area contributed by atoms with E-state index in [2.05, 4.69) is 44.5 Å². The summed E-state index contributed by atoms with van der Waals surface area (Å²) >= 11 is 0. The van der Waals surface area contributed by atoms with Crippen LogP contribution in [0.15, 0.2) is 104 Å². The fourth-order valence-corrected chi connectivity index (χ4v) is 3.19. The molecule has 4 rings (SSSR count). The van der Waals surface area contributed by atoms with E-state index in [0.29, 0.717) is 18.7 Å². The second-order valence-corrected chi connectivity index (χ2v) is 6.88. The highest BCUT2D eigenvalue weighted by atomic mass is 16.1. The van der Waals surface area contributed by atoms with Gasteiger partial charge in [0.25, 0.3) is 5.91 Å². The minimum atomic E-state index is -0.158. The summed E-state index contributed by atoms with van der Waals surface area (Å²) in [5.74, 6) is -0.158. The summed E-state index contributed by atoms with van der Waals surface area (Å²) in [5.41, 5.74) is 4.60. The van der Waals surface area contributed by atoms with Gasteiger partial charge in [0.05, 0.1) is 17.4 Å². The quantitative estimate of drug-likeness (QED) is 0.492. The van der Waals surface area contributed by atoms with Crippen molar-refractivity contribution in [1.29, 1.82) is 0 Å². The summed E-state index contributed by atoms with van der Waals surface area (Å²) < 4.78 is 0. The van der Waals surface area contributed by atoms with Crippen molar-refractivity contribution in [3.05, 3.63) is 120 Å². The number of carbonyl (C=O) groups excluding carboxylic acids is 1. The second kappa shape index (κ2) is 9.47. The number of benzene rings is 2. The van der Waals surface area contributed by atoms with E-state index in [1.54, 1.807) is 24.8 Å². The standard InChI is InChI=1S/C25H22N4O/c30-25(28-16-20-11-13-26-14-12-20)22-15-24(18-27-17-22)29(23-9-5-2-6-10-23)19-21-7-3-1-4-8-21/h1-15,17-18H,16,19H2,(H,28,30). The summed E-state index contributed by atoms with van der Waals surface area (Å²) in [6.45, 7) is 1.12. The number of pyridine rings is 2. The normalized spacial score (nSPS) is 10.4. The summed E-state index contributed by atoms with van der Waals surface area (Å²) in [4.78, 5) is 23.2. The van der Waals surface area contributed by atoms with Crippen LogP contribution in [0.3, 0.4) is 0 Å². The average Bonchev–Trinajstić information content (AvgIpc) is 2.83. The number of amides is 1. The van der Waals surface area contributed by atoms with Gasteiger partial charge in [-0.15, -0.1) is 0 Å². The van der Waals surface area contributed by atoms with Crippen molar-refractivity contribution in [3.63, 3.8) is 0 Å². The lowest BCUT2D eigenvalue weighted by atomic mass is 10.1. The molecule has 5 heteroatoms. The van der Waals surface area contributed by atoms with Crippen LogP contribution in [0.1, 0.15) is 21.5 Å². The molecule has 30 heavy (non-hydrogen) atoms. The molecule has 5 nitrogen and oxygen atoms in total. The third-order valence-electron chi connectivity index (χ3n) is 4.75. The van der Waals surface area contributed by atoms with E-state index in [4.69, 9.17) is 0 Å². The Morgan fingerprint density at radius 1 is 0.767 bits per heavy atom. The van der Waals surface area contributed by atoms with E-state index >= 15 is 0 Å². The fraction of sp³-hybridized carbons (Fsp3) is 0.0800. The van der Waals surface area contributed by atoms with Gasteiger partial charge >= 0.3 is 0 Å². The van der Waals surface area contributed by atoms with Crippen molar-refractivity contribution < 1.29 is 4.79 Å². The van der Waals surface area contributed by atoms with E-state index < -0.39 is 0 Å². The Bertz CT molecular complexity index is 1090. The molecule has 0 atom stereocenters. The molecule has 2 aromatic carbocycles. The summed E-state index contributed by atoms with van der Waals surface area (Å²) in [5, 5.41) is 2.95. The highest BCUT2D eigenvalue weighted by Gasteiger charge is 2.14. The Labute approximate surface area is 176 Å². The van der Waals surface area contributed by atoms with Crippen LogP contribution in [-0.4, -0.2) is 15.9 Å². The Balaban J connectivity index is 1.57. The molecule has 0 spiro atoms. The minimum absolute atomic E-state index is 0.158. The predicted octanol–water partition coefficient (Wildman–Crippen LogP) is 4.74. The third-order valence-corrected chi connectivity index (χ3v) is 4.75. The van der Waals surface area contributed by atoms with E-state index in [0.717, 1.165) is 16.9 Å². The Morgan fingerprint density at radius 3 is 2.20 bits per heavy atom. The maximum absolute atomic E-state index is 12.7. The van der Waals surface area contributed by atoms with Crippen molar-refractivity contribution in [2.45, 2.75) is 13.1 Å². The molecule has 2 heterocycles. The fourth-order valence-electron chi connectivity index (χ4n) is 3.19. The lowest BCUT2D eigenvalue weighted by Gasteiger charge is -2.25. The molecule has 0 aliphatic carbocycles. The van der Waals surface area contributed by atoms with Crippen molar-refractivity contribution in [2.75, 3.05) is 4.90 Å². The molecule has 0 saturated heterocycles. The van der Waals surface area contributed by atoms with Crippen molar-refractivity contribution in [3.8, 4) is 0 Å². The van der Waals surface area contributed by atoms with Crippen LogP contribution in [0, 0.1) is 0 Å². The highest BCUT2D eigenvalue weighted by molar-refractivity contribution is 5.94. The number of para-hydroxylation sites is 1. The van der Waals surface area contributed by atoms with Gasteiger partial charge in [0, 0.05) is 37.4 Å². The summed E-state index contributed by atoms with van der Waals surface area (Å²) in [7, 11) is 0. The average molecular weight is 394 g/mol. The van der Waals surface area contributed by atoms with Crippen LogP contribution in [0.5, 0.6) is 0 Å². The molecule has 1 amide bonds. The zero-order valence-electron chi connectivity index (χ0n) is 16.5. The topological polar surface area (TPSA) is 58.1 Å². The molecule has 0 aliphatic rings. The molecular formula is C25H22N4O. The maximum atomic E-state index is 12.7. The largest absolute Gasteiger partial charge is 0.348 e. The molecule has 4 aromatic rings. The first-order chi connectivity index (χ1) is 14.8. The summed E-state index contributed by atoms with van der Waals surface area (Å²) in [6.07, 6.45) is 6.81. The second-order valence-electron chi connectivity index (χ2n) is 6.88. The van der Waals surface area contributed by atoms with Crippen molar-refractivity contribution in [2.24, 2.45) is 0 Å². The van der Waals surface area contributed by atoms with Crippen LogP contribution in [-0.2, 0) is 13.1 Å². The van der Waals surface area contributed by atoms with Gasteiger partial charge in [0.2, 0.25) is 0 Å². The zero-order valence-corrected chi connectivity index (χ0v) is 16.5. The summed E-state index contributed by atoms with van der Waals surface area (Å²) in [6, 6.07) is 26.0. The smallest absolute Gasteiger partial charge is 0.253 e. The number of rotatable bonds is 7. The molecule has 0 fully saturated rings. The molecule has 0 radical (unpaired) electrons. The number of nitrogens with one attached hydrogen (secondary N) is 1. The molecule has 0 aliphatic heterocycles. The third kappa shape index (κ3) is 4.89. The van der Waals surface area contributed by atoms with Crippen LogP contribution in [0.4, 0.5) is 11.4 Å². The monoisotopic (exact) mass is 394 g/mol. The lowest BCUT2D eigenvalue weighted by molar-refractivity contribution is 0.0950. The molecule has 0 bridgehead atoms. The lowest BCUT2D eigenvalue weighted by Crippen LogP contribution is -2.24. The number of anilines is 2. The molecule has 1 N–H and O–H groups in total. The first-order valence-corrected chi connectivity index (χ1v) is 9.78. The van der Waals surface area contributed by atoms with Gasteiger partial charge in [0.1, 0.15) is 0 Å². The number of carbonyl (C=O) groups is 1. The molecule has 2 aromatic heterocycles.